The second kappa shape index (κ2) is 24.9. The van der Waals surface area contributed by atoms with E-state index in [0.29, 0.717) is 6.54 Å². The largest absolute Gasteiger partial charge is 0.379 e. The summed E-state index contributed by atoms with van der Waals surface area (Å²) in [4.78, 5) is 75.2. The van der Waals surface area contributed by atoms with Crippen LogP contribution in [0.1, 0.15) is 99.5 Å². The summed E-state index contributed by atoms with van der Waals surface area (Å²) in [6.07, 6.45) is 3.49. The maximum absolute atomic E-state index is 14.3. The van der Waals surface area contributed by atoms with E-state index in [-0.39, 0.29) is 84.4 Å². The van der Waals surface area contributed by atoms with E-state index < -0.39 is 24.0 Å². The molecule has 54 heavy (non-hydrogen) atoms. The average Bonchev–Trinajstić information content (AvgIpc) is 3.14. The Hall–Kier alpha value is -3.44. The highest BCUT2D eigenvalue weighted by Gasteiger charge is 2.42. The summed E-state index contributed by atoms with van der Waals surface area (Å²) in [6.45, 7) is 16.6. The molecule has 1 aromatic rings. The molecule has 0 unspecified atom stereocenters. The van der Waals surface area contributed by atoms with Crippen molar-refractivity contribution in [2.24, 2.45) is 29.6 Å². The molecule has 9 atom stereocenters. The van der Waals surface area contributed by atoms with Crippen molar-refractivity contribution in [1.82, 2.24) is 20.4 Å². The van der Waals surface area contributed by atoms with Gasteiger partial charge in [-0.05, 0) is 63.0 Å². The fourth-order valence-electron chi connectivity index (χ4n) is 7.94. The van der Waals surface area contributed by atoms with E-state index in [4.69, 9.17) is 19.1 Å². The van der Waals surface area contributed by atoms with E-state index in [1.54, 1.807) is 33.2 Å². The second-order valence-corrected chi connectivity index (χ2v) is 15.7. The van der Waals surface area contributed by atoms with Gasteiger partial charge >= 0.3 is 6.15 Å². The number of carbonyl (C=O) groups excluding carboxylic acids is 6. The van der Waals surface area contributed by atoms with Crippen LogP contribution in [0.3, 0.4) is 0 Å². The average molecular weight is 759 g/mol. The number of piperidine rings is 1. The van der Waals surface area contributed by atoms with Crippen molar-refractivity contribution in [3.8, 4) is 0 Å². The minimum atomic E-state index is -0.561. The molecule has 12 heteroatoms. The molecule has 306 valence electrons. The van der Waals surface area contributed by atoms with Crippen LogP contribution in [0.25, 0.3) is 0 Å². The number of ether oxygens (including phenoxy) is 2. The zero-order valence-electron chi connectivity index (χ0n) is 35.1. The van der Waals surface area contributed by atoms with E-state index in [2.05, 4.69) is 36.6 Å². The number of hydrogen-bond donors (Lipinski definition) is 2. The molecule has 1 heterocycles. The van der Waals surface area contributed by atoms with Crippen LogP contribution in [0.2, 0.25) is 0 Å². The number of likely N-dealkylation sites (tertiary alicyclic amines) is 1. The van der Waals surface area contributed by atoms with Gasteiger partial charge in [0, 0.05) is 46.2 Å². The Labute approximate surface area is 324 Å². The van der Waals surface area contributed by atoms with Crippen molar-refractivity contribution in [2.75, 3.05) is 34.9 Å². The zero-order chi connectivity index (χ0) is 41.1. The first-order chi connectivity index (χ1) is 25.5. The van der Waals surface area contributed by atoms with Gasteiger partial charge in [0.2, 0.25) is 17.7 Å². The van der Waals surface area contributed by atoms with Gasteiger partial charge in [-0.15, -0.1) is 0 Å². The molecule has 0 aromatic heterocycles. The van der Waals surface area contributed by atoms with Crippen molar-refractivity contribution in [3.05, 3.63) is 35.9 Å². The Balaban J connectivity index is 0.00000469. The van der Waals surface area contributed by atoms with Crippen LogP contribution in [-0.4, -0.2) is 111 Å². The lowest BCUT2D eigenvalue weighted by Gasteiger charge is -2.43. The van der Waals surface area contributed by atoms with Gasteiger partial charge in [0.15, 0.2) is 5.78 Å². The summed E-state index contributed by atoms with van der Waals surface area (Å²) in [5.41, 5.74) is 1.16. The van der Waals surface area contributed by atoms with Crippen molar-refractivity contribution in [1.29, 1.82) is 0 Å². The number of hydrogen-bond acceptors (Lipinski definition) is 9. The number of likely N-dealkylation sites (N-methyl/N-ethyl adjacent to an activating group) is 2. The number of benzene rings is 1. The molecule has 1 aromatic carbocycles. The highest BCUT2D eigenvalue weighted by molar-refractivity contribution is 5.90. The SMILES string of the molecule is CC[C@H](C)[C@@H]([C@@H](CC(=O)N1CCCC[C@H]1[C@H](OC)[C@@H](C)C(=O)N[C@H](C)Cc1ccccc1)OC)N(C)C(=O)[C@@H](CC(=O)[C@@H](NC)C(C)C)C(C)C.O=C=O. The molecular weight excluding hydrogens is 688 g/mol. The van der Waals surface area contributed by atoms with E-state index in [9.17, 15) is 19.2 Å². The summed E-state index contributed by atoms with van der Waals surface area (Å²) < 4.78 is 12.1. The molecule has 1 fully saturated rings. The van der Waals surface area contributed by atoms with Gasteiger partial charge in [-0.3, -0.25) is 19.2 Å². The minimum absolute atomic E-state index is 0.0314. The quantitative estimate of drug-likeness (QED) is 0.178. The third-order valence-electron chi connectivity index (χ3n) is 11.1. The van der Waals surface area contributed by atoms with Crippen molar-refractivity contribution in [2.45, 2.75) is 137 Å². The van der Waals surface area contributed by atoms with Gasteiger partial charge in [0.05, 0.1) is 42.7 Å². The zero-order valence-corrected chi connectivity index (χ0v) is 35.1. The summed E-state index contributed by atoms with van der Waals surface area (Å²) in [5.74, 6) is -1.11. The first-order valence-corrected chi connectivity index (χ1v) is 19.7. The molecule has 0 spiro atoms. The van der Waals surface area contributed by atoms with E-state index in [0.717, 1.165) is 37.7 Å². The minimum Gasteiger partial charge on any atom is -0.379 e. The second-order valence-electron chi connectivity index (χ2n) is 15.7. The number of ketones is 1. The Morgan fingerprint density at radius 1 is 0.926 bits per heavy atom. The van der Waals surface area contributed by atoms with Crippen molar-refractivity contribution < 1.29 is 38.2 Å². The number of nitrogens with one attached hydrogen (secondary N) is 2. The number of Topliss-reactive ketones (excluding diaryl/α,β-unsaturated/α-hetero) is 1. The lowest BCUT2D eigenvalue weighted by atomic mass is 9.84. The number of methoxy groups -OCH3 is 2. The monoisotopic (exact) mass is 759 g/mol. The smallest absolute Gasteiger partial charge is 0.373 e. The third kappa shape index (κ3) is 14.3. The van der Waals surface area contributed by atoms with Crippen LogP contribution >= 0.6 is 0 Å². The molecule has 0 saturated carbocycles. The molecule has 12 nitrogen and oxygen atoms in total. The van der Waals surface area contributed by atoms with Crippen LogP contribution < -0.4 is 10.6 Å². The fourth-order valence-corrected chi connectivity index (χ4v) is 7.94. The number of amides is 3. The van der Waals surface area contributed by atoms with Crippen LogP contribution in [0, 0.1) is 29.6 Å². The summed E-state index contributed by atoms with van der Waals surface area (Å²) in [6, 6.07) is 9.06. The topological polar surface area (TPSA) is 151 Å². The lowest BCUT2D eigenvalue weighted by molar-refractivity contribution is -0.191. The Bertz CT molecular complexity index is 1320. The van der Waals surface area contributed by atoms with Crippen molar-refractivity contribution >= 4 is 29.7 Å². The maximum atomic E-state index is 14.3. The molecule has 3 amide bonds. The predicted molar refractivity (Wildman–Crippen MR) is 209 cm³/mol. The molecular formula is C42H70N4O8. The highest BCUT2D eigenvalue weighted by atomic mass is 16.5. The molecule has 1 saturated heterocycles. The van der Waals surface area contributed by atoms with Gasteiger partial charge in [0.1, 0.15) is 0 Å². The number of carbonyl (C=O) groups is 4. The van der Waals surface area contributed by atoms with E-state index in [1.807, 2.05) is 64.6 Å². The standard InChI is InChI=1S/C41H70N4O6.CO2/c1-13-28(6)38(44(10)41(49)32(26(2)3)24-34(46)37(42-9)27(4)5)35(50-11)25-36(47)45-22-18-17-21-33(45)39(51-12)30(8)40(48)43-29(7)23-31-19-15-14-16-20-31;2-1-3/h14-16,19-20,26-30,32-33,35,37-39,42H,13,17-18,21-25H2,1-12H3,(H,43,48);/t28-,29+,30+,32-,33-,35+,37-,38-,39+;/m0./s1. The van der Waals surface area contributed by atoms with Gasteiger partial charge in [0.25, 0.3) is 0 Å². The van der Waals surface area contributed by atoms with E-state index in [1.165, 1.54) is 0 Å². The van der Waals surface area contributed by atoms with Crippen LogP contribution in [0.15, 0.2) is 30.3 Å². The Morgan fingerprint density at radius 3 is 2.04 bits per heavy atom. The summed E-state index contributed by atoms with van der Waals surface area (Å²) in [7, 11) is 6.79. The molecule has 2 N–H and O–H groups in total. The van der Waals surface area contributed by atoms with Crippen LogP contribution in [0.4, 0.5) is 0 Å². The highest BCUT2D eigenvalue weighted by Crippen LogP contribution is 2.30. The summed E-state index contributed by atoms with van der Waals surface area (Å²) in [5, 5.41) is 6.28. The Kier molecular flexibility index (Phi) is 22.4. The Morgan fingerprint density at radius 2 is 1.54 bits per heavy atom. The van der Waals surface area contributed by atoms with Gasteiger partial charge in [-0.25, -0.2) is 0 Å². The lowest BCUT2D eigenvalue weighted by Crippen LogP contribution is -2.57. The third-order valence-corrected chi connectivity index (χ3v) is 11.1. The maximum Gasteiger partial charge on any atom is 0.373 e. The molecule has 1 aliphatic heterocycles. The first-order valence-electron chi connectivity index (χ1n) is 19.7. The first kappa shape index (κ1) is 48.6. The number of rotatable bonds is 21. The normalized spacial score (nSPS) is 18.9. The molecule has 1 aliphatic rings. The van der Waals surface area contributed by atoms with E-state index >= 15 is 0 Å². The van der Waals surface area contributed by atoms with Gasteiger partial charge in [-0.2, -0.15) is 9.59 Å². The molecule has 0 aliphatic carbocycles. The number of nitrogens with zero attached hydrogens (tertiary/aromatic N) is 2. The molecule has 2 rings (SSSR count). The molecule has 0 bridgehead atoms. The molecule has 0 radical (unpaired) electrons. The predicted octanol–water partition coefficient (Wildman–Crippen LogP) is 4.94. The van der Waals surface area contributed by atoms with Gasteiger partial charge in [-0.1, -0.05) is 85.2 Å². The van der Waals surface area contributed by atoms with Crippen LogP contribution in [0.5, 0.6) is 0 Å². The summed E-state index contributed by atoms with van der Waals surface area (Å²) >= 11 is 0. The van der Waals surface area contributed by atoms with Crippen LogP contribution in [-0.2, 0) is 44.7 Å². The van der Waals surface area contributed by atoms with Gasteiger partial charge < -0.3 is 29.9 Å². The van der Waals surface area contributed by atoms with Crippen molar-refractivity contribution in [3.63, 3.8) is 0 Å². The fraction of sp³-hybridized carbons (Fsp3) is 0.738.